The Kier molecular flexibility index (Phi) is 9.06. The van der Waals surface area contributed by atoms with E-state index in [9.17, 15) is 71.7 Å². The summed E-state index contributed by atoms with van der Waals surface area (Å²) in [4.78, 5) is 22.1. The third-order valence-corrected chi connectivity index (χ3v) is 9.46. The molecular weight excluding hydrogens is 713 g/mol. The lowest BCUT2D eigenvalue weighted by atomic mass is 10.0. The smallest absolute Gasteiger partial charge is 0.294 e. The van der Waals surface area contributed by atoms with Gasteiger partial charge >= 0.3 is 0 Å². The van der Waals surface area contributed by atoms with Gasteiger partial charge in [0.15, 0.2) is 11.6 Å². The molecule has 0 bridgehead atoms. The highest BCUT2D eigenvalue weighted by molar-refractivity contribution is 7.87. The number of hydrogen-bond donors (Lipinski definition) is 6. The molecule has 0 saturated heterocycles. The molecule has 4 aromatic rings. The molecule has 21 heteroatoms. The Morgan fingerprint density at radius 1 is 0.447 bits per heavy atom. The van der Waals surface area contributed by atoms with Crippen LogP contribution < -0.4 is 4.74 Å². The summed E-state index contributed by atoms with van der Waals surface area (Å²) in [6.45, 7) is 0. The third kappa shape index (κ3) is 7.98. The van der Waals surface area contributed by atoms with Gasteiger partial charge in [-0.1, -0.05) is 0 Å². The minimum absolute atomic E-state index is 0.252. The van der Waals surface area contributed by atoms with Gasteiger partial charge in [-0.2, -0.15) is 33.7 Å². The first kappa shape index (κ1) is 35.1. The van der Waals surface area contributed by atoms with E-state index >= 15 is 0 Å². The maximum atomic E-state index is 13.2. The average molecular weight is 731 g/mol. The number of phenolic OH excluding ortho intramolecular Hbond substituents is 2. The third-order valence-electron chi connectivity index (χ3n) is 6.14. The van der Waals surface area contributed by atoms with Gasteiger partial charge in [0.1, 0.15) is 23.0 Å². The number of carbonyl (C=O) groups excluding carboxylic acids is 2. The van der Waals surface area contributed by atoms with Crippen LogP contribution in [0.3, 0.4) is 0 Å². The molecule has 0 aliphatic carbocycles. The molecule has 0 saturated carbocycles. The lowest BCUT2D eigenvalue weighted by Crippen LogP contribution is -2.09. The standard InChI is InChI=1S/C26H18O17S4/c27-23-3-1-15(9-21(23)25(29)13-5-17(44(31,32)33)11-18(6-13)45(34,35)36)43-16-2-4-24(28)22(10-16)26(30)14-7-19(46(37,38)39)12-20(8-14)47(40,41)42/h1-12,27-28H,(H,31,32,33)(H,34,35,36)(H,37,38,39)(H,40,41,42). The SMILES string of the molecule is O=C(c1cc(S(=O)(=O)O)cc(S(=O)(=O)O)c1)c1cc(Oc2ccc(O)c(C(=O)c3cc(S(=O)(=O)O)cc(S(=O)(=O)O)c3)c2)ccc1O. The van der Waals surface area contributed by atoms with Crippen LogP contribution in [0, 0.1) is 0 Å². The van der Waals surface area contributed by atoms with Gasteiger partial charge in [0.05, 0.1) is 30.7 Å². The lowest BCUT2D eigenvalue weighted by molar-refractivity contribution is 0.102. The topological polar surface area (TPSA) is 301 Å². The molecule has 4 rings (SSSR count). The van der Waals surface area contributed by atoms with Gasteiger partial charge in [-0.25, -0.2) is 0 Å². The largest absolute Gasteiger partial charge is 0.507 e. The van der Waals surface area contributed by atoms with Crippen LogP contribution in [-0.4, -0.2) is 73.7 Å². The van der Waals surface area contributed by atoms with Crippen molar-refractivity contribution in [1.29, 1.82) is 0 Å². The molecule has 4 aromatic carbocycles. The zero-order chi connectivity index (χ0) is 35.3. The van der Waals surface area contributed by atoms with Gasteiger partial charge in [0, 0.05) is 11.1 Å². The molecule has 17 nitrogen and oxygen atoms in total. The van der Waals surface area contributed by atoms with E-state index in [0.717, 1.165) is 36.4 Å². The zero-order valence-corrected chi connectivity index (χ0v) is 26.0. The number of phenols is 2. The summed E-state index contributed by atoms with van der Waals surface area (Å²) >= 11 is 0. The molecule has 0 unspecified atom stereocenters. The number of ether oxygens (including phenoxy) is 1. The normalized spacial score (nSPS) is 12.4. The Hall–Kier alpha value is -4.74. The van der Waals surface area contributed by atoms with E-state index in [4.69, 9.17) is 4.74 Å². The summed E-state index contributed by atoms with van der Waals surface area (Å²) in [5, 5.41) is 20.6. The van der Waals surface area contributed by atoms with Gasteiger partial charge in [0.2, 0.25) is 0 Å². The van der Waals surface area contributed by atoms with E-state index in [1.165, 1.54) is 0 Å². The van der Waals surface area contributed by atoms with Crippen molar-refractivity contribution in [3.05, 3.63) is 95.1 Å². The Morgan fingerprint density at radius 2 is 0.723 bits per heavy atom. The second-order valence-electron chi connectivity index (χ2n) is 9.40. The first-order valence-corrected chi connectivity index (χ1v) is 17.8. The van der Waals surface area contributed by atoms with E-state index < -0.39 is 105 Å². The zero-order valence-electron chi connectivity index (χ0n) is 22.7. The minimum Gasteiger partial charge on any atom is -0.507 e. The maximum absolute atomic E-state index is 13.2. The average Bonchev–Trinajstić information content (AvgIpc) is 2.96. The van der Waals surface area contributed by atoms with Crippen LogP contribution in [0.2, 0.25) is 0 Å². The summed E-state index contributed by atoms with van der Waals surface area (Å²) < 4.78 is 136. The van der Waals surface area contributed by atoms with Crippen molar-refractivity contribution in [3.8, 4) is 23.0 Å². The van der Waals surface area contributed by atoms with Gasteiger partial charge in [-0.05, 0) is 72.8 Å². The highest BCUT2D eigenvalue weighted by Crippen LogP contribution is 2.33. The maximum Gasteiger partial charge on any atom is 0.294 e. The van der Waals surface area contributed by atoms with Crippen LogP contribution in [0.15, 0.2) is 92.4 Å². The fourth-order valence-electron chi connectivity index (χ4n) is 3.97. The van der Waals surface area contributed by atoms with Crippen LogP contribution >= 0.6 is 0 Å². The molecule has 6 N–H and O–H groups in total. The predicted octanol–water partition coefficient (Wildman–Crippen LogP) is 2.34. The molecule has 47 heavy (non-hydrogen) atoms. The fraction of sp³-hybridized carbons (Fsp3) is 0. The fourth-order valence-corrected chi connectivity index (χ4v) is 6.33. The number of aromatic hydroxyl groups is 2. The first-order valence-electron chi connectivity index (χ1n) is 12.1. The molecule has 0 fully saturated rings. The molecule has 0 aromatic heterocycles. The van der Waals surface area contributed by atoms with E-state index in [0.29, 0.717) is 36.4 Å². The Bertz CT molecular complexity index is 2160. The van der Waals surface area contributed by atoms with E-state index in [1.54, 1.807) is 0 Å². The number of ketones is 2. The van der Waals surface area contributed by atoms with Crippen LogP contribution in [0.5, 0.6) is 23.0 Å². The van der Waals surface area contributed by atoms with Crippen molar-refractivity contribution in [2.45, 2.75) is 19.6 Å². The molecule has 0 aliphatic heterocycles. The number of benzene rings is 4. The quantitative estimate of drug-likeness (QED) is 0.101. The molecule has 0 spiro atoms. The number of carbonyl (C=O) groups is 2. The number of rotatable bonds is 10. The first-order chi connectivity index (χ1) is 21.4. The number of hydrogen-bond acceptors (Lipinski definition) is 13. The Labute approximate surface area is 265 Å². The lowest BCUT2D eigenvalue weighted by Gasteiger charge is -2.12. The highest BCUT2D eigenvalue weighted by Gasteiger charge is 2.25. The predicted molar refractivity (Wildman–Crippen MR) is 155 cm³/mol. The Balaban J connectivity index is 1.75. The molecular formula is C26H18O17S4. The molecule has 0 amide bonds. The van der Waals surface area contributed by atoms with Crippen LogP contribution in [0.1, 0.15) is 31.8 Å². The summed E-state index contributed by atoms with van der Waals surface area (Å²) in [5.74, 6) is -4.36. The van der Waals surface area contributed by atoms with Crippen LogP contribution in [0.4, 0.5) is 0 Å². The summed E-state index contributed by atoms with van der Waals surface area (Å²) in [7, 11) is -20.3. The Morgan fingerprint density at radius 3 is 0.979 bits per heavy atom. The molecule has 0 radical (unpaired) electrons. The van der Waals surface area contributed by atoms with Gasteiger partial charge in [-0.15, -0.1) is 0 Å². The molecule has 0 aliphatic rings. The molecule has 0 heterocycles. The van der Waals surface area contributed by atoms with Crippen LogP contribution in [0.25, 0.3) is 0 Å². The van der Waals surface area contributed by atoms with Gasteiger partial charge in [0.25, 0.3) is 40.5 Å². The van der Waals surface area contributed by atoms with Crippen molar-refractivity contribution in [2.24, 2.45) is 0 Å². The minimum atomic E-state index is -5.08. The second-order valence-corrected chi connectivity index (χ2v) is 15.1. The van der Waals surface area contributed by atoms with E-state index in [2.05, 4.69) is 0 Å². The highest BCUT2D eigenvalue weighted by atomic mass is 32.2. The summed E-state index contributed by atoms with van der Waals surface area (Å²) in [6.07, 6.45) is 0. The van der Waals surface area contributed by atoms with Gasteiger partial charge < -0.3 is 14.9 Å². The second kappa shape index (κ2) is 12.1. The summed E-state index contributed by atoms with van der Waals surface area (Å²) in [5.41, 5.74) is -2.64. The van der Waals surface area contributed by atoms with Crippen LogP contribution in [-0.2, 0) is 40.5 Å². The molecule has 248 valence electrons. The van der Waals surface area contributed by atoms with Crippen molar-refractivity contribution in [2.75, 3.05) is 0 Å². The van der Waals surface area contributed by atoms with Crippen molar-refractivity contribution < 1.29 is 76.4 Å². The van der Waals surface area contributed by atoms with Crippen molar-refractivity contribution in [1.82, 2.24) is 0 Å². The summed E-state index contributed by atoms with van der Waals surface area (Å²) in [6, 6.07) is 8.92. The van der Waals surface area contributed by atoms with Crippen molar-refractivity contribution in [3.63, 3.8) is 0 Å². The van der Waals surface area contributed by atoms with E-state index in [1.807, 2.05) is 0 Å². The van der Waals surface area contributed by atoms with E-state index in [-0.39, 0.29) is 11.5 Å². The monoisotopic (exact) mass is 730 g/mol. The van der Waals surface area contributed by atoms with Gasteiger partial charge in [-0.3, -0.25) is 27.8 Å². The van der Waals surface area contributed by atoms with Crippen molar-refractivity contribution >= 4 is 52.0 Å². The molecule has 0 atom stereocenters.